The number of aliphatic imine (C=N–C) groups is 1. The van der Waals surface area contributed by atoms with Crippen molar-refractivity contribution in [2.45, 2.75) is 51.4 Å². The van der Waals surface area contributed by atoms with E-state index < -0.39 is 5.97 Å². The zero-order chi connectivity index (χ0) is 25.5. The van der Waals surface area contributed by atoms with Crippen LogP contribution in [-0.4, -0.2) is 59.9 Å². The first kappa shape index (κ1) is 25.9. The maximum Gasteiger partial charge on any atom is 0.304 e. The number of aromatic nitrogens is 1. The van der Waals surface area contributed by atoms with E-state index in [2.05, 4.69) is 33.4 Å². The molecule has 2 unspecified atom stereocenters. The van der Waals surface area contributed by atoms with Gasteiger partial charge in [0.1, 0.15) is 5.82 Å². The van der Waals surface area contributed by atoms with E-state index in [1.807, 2.05) is 25.1 Å². The number of benzene rings is 1. The van der Waals surface area contributed by atoms with Crippen LogP contribution in [0.25, 0.3) is 0 Å². The van der Waals surface area contributed by atoms with Gasteiger partial charge in [-0.05, 0) is 86.5 Å². The Labute approximate surface area is 214 Å². The molecule has 7 heteroatoms. The molecule has 0 spiro atoms. The summed E-state index contributed by atoms with van der Waals surface area (Å²) in [4.78, 5) is 23.4. The quantitative estimate of drug-likeness (QED) is 0.432. The minimum atomic E-state index is -0.768. The highest BCUT2D eigenvalue weighted by atomic mass is 16.4. The normalized spacial score (nSPS) is 19.6. The third-order valence-corrected chi connectivity index (χ3v) is 7.51. The minimum Gasteiger partial charge on any atom is -0.481 e. The van der Waals surface area contributed by atoms with Crippen molar-refractivity contribution < 1.29 is 9.90 Å². The predicted octanol–water partition coefficient (Wildman–Crippen LogP) is 4.23. The summed E-state index contributed by atoms with van der Waals surface area (Å²) in [6.07, 6.45) is 7.21. The Morgan fingerprint density at radius 2 is 2.22 bits per heavy atom. The first-order valence-electron chi connectivity index (χ1n) is 13.1. The second-order valence-corrected chi connectivity index (χ2v) is 10.1. The maximum absolute atomic E-state index is 11.7. The summed E-state index contributed by atoms with van der Waals surface area (Å²) < 4.78 is 0. The van der Waals surface area contributed by atoms with E-state index in [4.69, 9.17) is 10.7 Å². The maximum atomic E-state index is 11.7. The summed E-state index contributed by atoms with van der Waals surface area (Å²) in [5.74, 6) is 0.841. The topological polar surface area (TPSA) is 104 Å². The number of nitrogens with two attached hydrogens (primary N) is 1. The lowest BCUT2D eigenvalue weighted by molar-refractivity contribution is -0.137. The van der Waals surface area contributed by atoms with Gasteiger partial charge in [-0.25, -0.2) is 4.98 Å². The van der Waals surface area contributed by atoms with Crippen LogP contribution in [-0.2, 0) is 17.6 Å². The summed E-state index contributed by atoms with van der Waals surface area (Å²) >= 11 is 0. The third kappa shape index (κ3) is 6.52. The van der Waals surface area contributed by atoms with Crippen LogP contribution in [0.15, 0.2) is 53.2 Å². The highest BCUT2D eigenvalue weighted by Gasteiger charge is 2.27. The molecule has 2 aliphatic heterocycles. The predicted molar refractivity (Wildman–Crippen MR) is 146 cm³/mol. The van der Waals surface area contributed by atoms with E-state index >= 15 is 0 Å². The van der Waals surface area contributed by atoms with Crippen LogP contribution in [0.2, 0.25) is 0 Å². The van der Waals surface area contributed by atoms with Crippen LogP contribution in [0.3, 0.4) is 0 Å². The zero-order valence-corrected chi connectivity index (χ0v) is 21.5. The summed E-state index contributed by atoms with van der Waals surface area (Å²) in [5, 5.41) is 13.1. The van der Waals surface area contributed by atoms with Gasteiger partial charge in [-0.1, -0.05) is 24.3 Å². The number of carboxylic acid groups (broad SMARTS) is 1. The number of allylic oxidation sites excluding steroid dienone is 1. The Morgan fingerprint density at radius 1 is 1.36 bits per heavy atom. The monoisotopic (exact) mass is 489 g/mol. The fraction of sp³-hybridized carbons (Fsp3) is 0.483. The molecule has 3 heterocycles. The molecule has 0 amide bonds. The number of anilines is 1. The van der Waals surface area contributed by atoms with Gasteiger partial charge in [-0.15, -0.1) is 0 Å². The molecule has 2 aromatic rings. The Bertz CT molecular complexity index is 1130. The van der Waals surface area contributed by atoms with Crippen LogP contribution in [0.4, 0.5) is 5.82 Å². The summed E-state index contributed by atoms with van der Waals surface area (Å²) in [5.41, 5.74) is 12.0. The highest BCUT2D eigenvalue weighted by molar-refractivity contribution is 6.12. The Balaban J connectivity index is 1.38. The smallest absolute Gasteiger partial charge is 0.304 e. The second kappa shape index (κ2) is 12.2. The number of aliphatic carboxylic acids is 1. The fourth-order valence-electron chi connectivity index (χ4n) is 5.54. The standard InChI is InChI=1S/C29H39N5O2/c1-20(17-30)28(31-2)24-6-3-5-23(15-24)25(16-27(35)36)19-34-14-12-21(18-34)8-10-26-11-9-22-7-4-13-32-29(22)33-26/h3,5-6,9,11,15,17,21,25H,4,7-8,10,12-14,16,18-19,30H2,1-2H3,(H,32,33)(H,35,36). The van der Waals surface area contributed by atoms with Crippen molar-refractivity contribution in [3.8, 4) is 0 Å². The van der Waals surface area contributed by atoms with Crippen molar-refractivity contribution in [3.05, 3.63) is 70.6 Å². The van der Waals surface area contributed by atoms with Gasteiger partial charge < -0.3 is 21.1 Å². The third-order valence-electron chi connectivity index (χ3n) is 7.51. The average molecular weight is 490 g/mol. The van der Waals surface area contributed by atoms with Crippen molar-refractivity contribution in [1.29, 1.82) is 0 Å². The molecular weight excluding hydrogens is 450 g/mol. The highest BCUT2D eigenvalue weighted by Crippen LogP contribution is 2.28. The van der Waals surface area contributed by atoms with Crippen molar-refractivity contribution in [1.82, 2.24) is 9.88 Å². The van der Waals surface area contributed by atoms with Crippen LogP contribution in [0.5, 0.6) is 0 Å². The summed E-state index contributed by atoms with van der Waals surface area (Å²) in [6.45, 7) is 5.71. The number of carboxylic acids is 1. The Hall–Kier alpha value is -3.19. The van der Waals surface area contributed by atoms with Crippen LogP contribution < -0.4 is 11.1 Å². The number of likely N-dealkylation sites (tertiary alicyclic amines) is 1. The number of aryl methyl sites for hydroxylation is 2. The lowest BCUT2D eigenvalue weighted by Gasteiger charge is -2.24. The van der Waals surface area contributed by atoms with Crippen molar-refractivity contribution in [3.63, 3.8) is 0 Å². The molecule has 1 aromatic heterocycles. The van der Waals surface area contributed by atoms with Crippen LogP contribution in [0, 0.1) is 5.92 Å². The first-order chi connectivity index (χ1) is 17.5. The van der Waals surface area contributed by atoms with E-state index in [1.165, 1.54) is 12.0 Å². The number of nitrogens with one attached hydrogen (secondary N) is 1. The van der Waals surface area contributed by atoms with Gasteiger partial charge in [0, 0.05) is 43.9 Å². The Morgan fingerprint density at radius 3 is 3.00 bits per heavy atom. The van der Waals surface area contributed by atoms with Crippen LogP contribution >= 0.6 is 0 Å². The first-order valence-corrected chi connectivity index (χ1v) is 13.1. The molecule has 2 aliphatic rings. The van der Waals surface area contributed by atoms with Gasteiger partial charge >= 0.3 is 5.97 Å². The SMILES string of the molecule is CN=C(C(C)=CN)c1cccc(C(CC(=O)O)CN2CCC(CCc3ccc4c(n3)NCCC4)C2)c1. The van der Waals surface area contributed by atoms with Crippen molar-refractivity contribution in [2.75, 3.05) is 38.5 Å². The number of pyridine rings is 1. The number of hydrogen-bond acceptors (Lipinski definition) is 6. The van der Waals surface area contributed by atoms with Gasteiger partial charge in [0.05, 0.1) is 12.1 Å². The molecule has 7 nitrogen and oxygen atoms in total. The molecule has 0 aliphatic carbocycles. The summed E-state index contributed by atoms with van der Waals surface area (Å²) in [7, 11) is 1.75. The number of fused-ring (bicyclic) bond motifs is 1. The molecule has 1 saturated heterocycles. The van der Waals surface area contributed by atoms with E-state index in [1.54, 1.807) is 13.2 Å². The largest absolute Gasteiger partial charge is 0.481 e. The van der Waals surface area contributed by atoms with E-state index in [0.717, 1.165) is 85.8 Å². The molecule has 36 heavy (non-hydrogen) atoms. The molecule has 0 saturated carbocycles. The van der Waals surface area contributed by atoms with E-state index in [-0.39, 0.29) is 12.3 Å². The summed E-state index contributed by atoms with van der Waals surface area (Å²) in [6, 6.07) is 12.5. The van der Waals surface area contributed by atoms with Crippen LogP contribution in [0.1, 0.15) is 60.9 Å². The number of nitrogens with zero attached hydrogens (tertiary/aromatic N) is 3. The second-order valence-electron chi connectivity index (χ2n) is 10.1. The molecule has 4 N–H and O–H groups in total. The fourth-order valence-corrected chi connectivity index (χ4v) is 5.54. The minimum absolute atomic E-state index is 0.0742. The van der Waals surface area contributed by atoms with E-state index in [0.29, 0.717) is 5.92 Å². The van der Waals surface area contributed by atoms with Gasteiger partial charge in [0.25, 0.3) is 0 Å². The van der Waals surface area contributed by atoms with Crippen molar-refractivity contribution >= 4 is 17.5 Å². The molecule has 192 valence electrons. The Kier molecular flexibility index (Phi) is 8.75. The number of rotatable bonds is 10. The lowest BCUT2D eigenvalue weighted by atomic mass is 9.91. The van der Waals surface area contributed by atoms with Gasteiger partial charge in [-0.2, -0.15) is 0 Å². The van der Waals surface area contributed by atoms with Gasteiger partial charge in [-0.3, -0.25) is 9.79 Å². The number of hydrogen-bond donors (Lipinski definition) is 3. The molecule has 0 radical (unpaired) electrons. The van der Waals surface area contributed by atoms with Gasteiger partial charge in [0.15, 0.2) is 0 Å². The molecular formula is C29H39N5O2. The molecule has 1 fully saturated rings. The number of carbonyl (C=O) groups is 1. The van der Waals surface area contributed by atoms with Crippen molar-refractivity contribution in [2.24, 2.45) is 16.6 Å². The van der Waals surface area contributed by atoms with Gasteiger partial charge in [0.2, 0.25) is 0 Å². The molecule has 4 rings (SSSR count). The average Bonchev–Trinajstić information content (AvgIpc) is 3.34. The lowest BCUT2D eigenvalue weighted by Crippen LogP contribution is -2.28. The van der Waals surface area contributed by atoms with E-state index in [9.17, 15) is 9.90 Å². The molecule has 0 bridgehead atoms. The molecule has 1 aromatic carbocycles. The molecule has 2 atom stereocenters. The zero-order valence-electron chi connectivity index (χ0n) is 21.5.